The lowest BCUT2D eigenvalue weighted by Crippen LogP contribution is -2.25. The molecule has 4 nitrogen and oxygen atoms in total. The average molecular weight is 285 g/mol. The molecule has 0 unspecified atom stereocenters. The van der Waals surface area contributed by atoms with E-state index in [1.54, 1.807) is 6.92 Å². The number of carbonyl (C=O) groups is 1. The van der Waals surface area contributed by atoms with E-state index in [4.69, 9.17) is 4.74 Å². The standard InChI is InChI=1S/C9H20NO3PS2/c1-4-13-9(11)7-10-8-14(12,15-5-2)16-6-3/h10H,4-8H2,1-3H3. The van der Waals surface area contributed by atoms with Gasteiger partial charge in [-0.15, -0.1) is 0 Å². The van der Waals surface area contributed by atoms with E-state index >= 15 is 0 Å². The first-order valence-electron chi connectivity index (χ1n) is 5.32. The van der Waals surface area contributed by atoms with Crippen LogP contribution < -0.4 is 5.32 Å². The van der Waals surface area contributed by atoms with Gasteiger partial charge in [-0.25, -0.2) is 0 Å². The maximum atomic E-state index is 12.3. The molecular weight excluding hydrogens is 265 g/mol. The van der Waals surface area contributed by atoms with Crippen LogP contribution in [0.1, 0.15) is 20.8 Å². The van der Waals surface area contributed by atoms with Gasteiger partial charge in [0.25, 0.3) is 0 Å². The molecule has 0 aromatic heterocycles. The normalized spacial score (nSPS) is 11.4. The summed E-state index contributed by atoms with van der Waals surface area (Å²) in [5, 5.41) is 2.90. The van der Waals surface area contributed by atoms with Crippen molar-refractivity contribution in [2.45, 2.75) is 20.8 Å². The van der Waals surface area contributed by atoms with Crippen molar-refractivity contribution < 1.29 is 14.1 Å². The summed E-state index contributed by atoms with van der Waals surface area (Å²) in [6.45, 7) is 6.25. The van der Waals surface area contributed by atoms with E-state index in [1.807, 2.05) is 13.8 Å². The molecule has 0 amide bonds. The second-order valence-electron chi connectivity index (χ2n) is 2.84. The van der Waals surface area contributed by atoms with Gasteiger partial charge in [0, 0.05) is 0 Å². The molecule has 0 saturated heterocycles. The lowest BCUT2D eigenvalue weighted by Gasteiger charge is -2.15. The van der Waals surface area contributed by atoms with Crippen LogP contribution in [0.25, 0.3) is 0 Å². The fraction of sp³-hybridized carbons (Fsp3) is 0.889. The van der Waals surface area contributed by atoms with Crippen LogP contribution in [0.15, 0.2) is 0 Å². The largest absolute Gasteiger partial charge is 0.465 e. The van der Waals surface area contributed by atoms with Crippen molar-refractivity contribution in [3.63, 3.8) is 0 Å². The molecule has 16 heavy (non-hydrogen) atoms. The molecule has 96 valence electrons. The lowest BCUT2D eigenvalue weighted by atomic mass is 10.6. The van der Waals surface area contributed by atoms with Crippen LogP contribution in [0.3, 0.4) is 0 Å². The van der Waals surface area contributed by atoms with Crippen molar-refractivity contribution in [2.75, 3.05) is 30.9 Å². The molecular formula is C9H20NO3PS2. The number of esters is 1. The van der Waals surface area contributed by atoms with E-state index in [-0.39, 0.29) is 12.5 Å². The molecule has 0 fully saturated rings. The molecule has 0 atom stereocenters. The number of hydrogen-bond acceptors (Lipinski definition) is 6. The summed E-state index contributed by atoms with van der Waals surface area (Å²) in [5.74, 6) is 1.36. The van der Waals surface area contributed by atoms with Crippen LogP contribution in [0.2, 0.25) is 0 Å². The predicted molar refractivity (Wildman–Crippen MR) is 73.4 cm³/mol. The lowest BCUT2D eigenvalue weighted by molar-refractivity contribution is -0.141. The molecule has 0 aliphatic carbocycles. The maximum absolute atomic E-state index is 12.3. The minimum atomic E-state index is -2.28. The second-order valence-corrected chi connectivity index (χ2v) is 11.8. The zero-order valence-electron chi connectivity index (χ0n) is 10.0. The Hall–Kier alpha value is 0.360. The third-order valence-electron chi connectivity index (χ3n) is 1.53. The van der Waals surface area contributed by atoms with E-state index in [1.165, 1.54) is 22.8 Å². The van der Waals surface area contributed by atoms with Crippen LogP contribution in [-0.2, 0) is 14.1 Å². The SMILES string of the molecule is CCOC(=O)CNCP(=O)(SCC)SCC. The zero-order valence-corrected chi connectivity index (χ0v) is 12.6. The van der Waals surface area contributed by atoms with Crippen LogP contribution in [0, 0.1) is 0 Å². The van der Waals surface area contributed by atoms with Crippen molar-refractivity contribution in [2.24, 2.45) is 0 Å². The Morgan fingerprint density at radius 3 is 2.25 bits per heavy atom. The summed E-state index contributed by atoms with van der Waals surface area (Å²) in [7, 11) is 0. The Morgan fingerprint density at radius 2 is 1.81 bits per heavy atom. The van der Waals surface area contributed by atoms with Gasteiger partial charge in [0.05, 0.1) is 19.4 Å². The Kier molecular flexibility index (Phi) is 9.61. The quantitative estimate of drug-likeness (QED) is 0.519. The molecule has 0 saturated carbocycles. The van der Waals surface area contributed by atoms with Gasteiger partial charge in [0.15, 0.2) is 0 Å². The van der Waals surface area contributed by atoms with E-state index in [0.717, 1.165) is 11.5 Å². The minimum Gasteiger partial charge on any atom is -0.465 e. The molecule has 0 bridgehead atoms. The maximum Gasteiger partial charge on any atom is 0.319 e. The highest BCUT2D eigenvalue weighted by Gasteiger charge is 2.21. The third kappa shape index (κ3) is 7.60. The first-order chi connectivity index (χ1) is 7.58. The van der Waals surface area contributed by atoms with Crippen molar-refractivity contribution in [3.05, 3.63) is 0 Å². The molecule has 0 aromatic rings. The smallest absolute Gasteiger partial charge is 0.319 e. The first-order valence-corrected chi connectivity index (χ1v) is 10.4. The Morgan fingerprint density at radius 1 is 1.25 bits per heavy atom. The fourth-order valence-corrected chi connectivity index (χ4v) is 8.71. The van der Waals surface area contributed by atoms with Gasteiger partial charge in [-0.3, -0.25) is 14.7 Å². The van der Waals surface area contributed by atoms with Gasteiger partial charge in [0.1, 0.15) is 0 Å². The molecule has 1 N–H and O–H groups in total. The molecule has 7 heteroatoms. The highest BCUT2D eigenvalue weighted by atomic mass is 33.1. The fourth-order valence-electron chi connectivity index (χ4n) is 1.03. The summed E-state index contributed by atoms with van der Waals surface area (Å²) in [5.41, 5.74) is -2.28. The van der Waals surface area contributed by atoms with Crippen LogP contribution in [0.4, 0.5) is 0 Å². The summed E-state index contributed by atoms with van der Waals surface area (Å²) < 4.78 is 17.0. The number of carbonyl (C=O) groups excluding carboxylic acids is 1. The van der Waals surface area contributed by atoms with E-state index in [0.29, 0.717) is 12.9 Å². The van der Waals surface area contributed by atoms with Crippen LogP contribution in [0.5, 0.6) is 0 Å². The molecule has 0 heterocycles. The molecule has 0 rings (SSSR count). The Balaban J connectivity index is 3.93. The Labute approximate surface area is 106 Å². The van der Waals surface area contributed by atoms with Gasteiger partial charge in [-0.2, -0.15) is 0 Å². The average Bonchev–Trinajstić information content (AvgIpc) is 2.18. The van der Waals surface area contributed by atoms with Gasteiger partial charge >= 0.3 is 5.97 Å². The Bertz CT molecular complexity index is 241. The zero-order chi connectivity index (χ0) is 12.4. The van der Waals surface area contributed by atoms with Crippen molar-refractivity contribution in [3.8, 4) is 0 Å². The highest BCUT2D eigenvalue weighted by Crippen LogP contribution is 2.67. The van der Waals surface area contributed by atoms with E-state index in [9.17, 15) is 9.36 Å². The highest BCUT2D eigenvalue weighted by molar-refractivity contribution is 8.90. The molecule has 0 aromatic carbocycles. The number of hydrogen-bond donors (Lipinski definition) is 1. The van der Waals surface area contributed by atoms with Gasteiger partial charge in [0.2, 0.25) is 5.55 Å². The van der Waals surface area contributed by atoms with E-state index in [2.05, 4.69) is 5.32 Å². The second kappa shape index (κ2) is 9.40. The van der Waals surface area contributed by atoms with Crippen molar-refractivity contribution in [1.29, 1.82) is 0 Å². The molecule has 0 aliphatic rings. The molecule has 0 aliphatic heterocycles. The van der Waals surface area contributed by atoms with Gasteiger partial charge < -0.3 is 4.74 Å². The molecule has 0 radical (unpaired) electrons. The summed E-state index contributed by atoms with van der Waals surface area (Å²) in [6, 6.07) is 0. The van der Waals surface area contributed by atoms with Crippen molar-refractivity contribution >= 4 is 34.3 Å². The minimum absolute atomic E-state index is 0.131. The molecule has 0 spiro atoms. The summed E-state index contributed by atoms with van der Waals surface area (Å²) in [6.07, 6.45) is 0.378. The summed E-state index contributed by atoms with van der Waals surface area (Å²) in [4.78, 5) is 11.1. The van der Waals surface area contributed by atoms with Crippen LogP contribution >= 0.6 is 28.3 Å². The third-order valence-corrected chi connectivity index (χ3v) is 10.0. The predicted octanol–water partition coefficient (Wildman–Crippen LogP) is 2.80. The van der Waals surface area contributed by atoms with Crippen molar-refractivity contribution in [1.82, 2.24) is 5.32 Å². The first kappa shape index (κ1) is 16.4. The number of nitrogens with one attached hydrogen (secondary N) is 1. The number of rotatable bonds is 9. The van der Waals surface area contributed by atoms with Gasteiger partial charge in [-0.1, -0.05) is 36.6 Å². The number of ether oxygens (including phenoxy) is 1. The van der Waals surface area contributed by atoms with Crippen LogP contribution in [-0.4, -0.2) is 36.9 Å². The topological polar surface area (TPSA) is 55.4 Å². The van der Waals surface area contributed by atoms with E-state index < -0.39 is 5.55 Å². The van der Waals surface area contributed by atoms with Gasteiger partial charge in [-0.05, 0) is 18.4 Å². The monoisotopic (exact) mass is 285 g/mol. The summed E-state index contributed by atoms with van der Waals surface area (Å²) >= 11 is 2.94.